The van der Waals surface area contributed by atoms with Gasteiger partial charge in [0, 0.05) is 0 Å². The van der Waals surface area contributed by atoms with E-state index in [2.05, 4.69) is 4.98 Å². The van der Waals surface area contributed by atoms with Crippen LogP contribution in [0.5, 0.6) is 0 Å². The monoisotopic (exact) mass is 321 g/mol. The summed E-state index contributed by atoms with van der Waals surface area (Å²) in [5.74, 6) is -0.215. The largest absolute Gasteiger partial charge is 0.408 e. The second-order valence-corrected chi connectivity index (χ2v) is 6.67. The average Bonchev–Trinajstić information content (AvgIpc) is 2.46. The Bertz CT molecular complexity index is 742. The number of primary amides is 1. The van der Waals surface area contributed by atoms with E-state index in [0.717, 1.165) is 16.5 Å². The van der Waals surface area contributed by atoms with Gasteiger partial charge >= 0.3 is 0 Å². The SMILES string of the molecule is CC(C)COn1c(S[C@H](C)C(N)=O)nc2ccccc2c1=O. The fraction of sp³-hybridized carbons (Fsp3) is 0.400. The van der Waals surface area contributed by atoms with Crippen molar-refractivity contribution in [3.63, 3.8) is 0 Å². The maximum absolute atomic E-state index is 12.6. The Morgan fingerprint density at radius 2 is 2.05 bits per heavy atom. The third-order valence-electron chi connectivity index (χ3n) is 2.93. The highest BCUT2D eigenvalue weighted by Gasteiger charge is 2.18. The lowest BCUT2D eigenvalue weighted by molar-refractivity contribution is -0.117. The summed E-state index contributed by atoms with van der Waals surface area (Å²) in [7, 11) is 0. The van der Waals surface area contributed by atoms with Crippen molar-refractivity contribution in [3.8, 4) is 0 Å². The van der Waals surface area contributed by atoms with E-state index >= 15 is 0 Å². The fourth-order valence-electron chi connectivity index (χ4n) is 1.72. The van der Waals surface area contributed by atoms with E-state index in [1.807, 2.05) is 13.8 Å². The summed E-state index contributed by atoms with van der Waals surface area (Å²) in [6, 6.07) is 7.03. The smallest absolute Gasteiger partial charge is 0.295 e. The molecule has 0 spiro atoms. The molecule has 1 atom stereocenters. The highest BCUT2D eigenvalue weighted by Crippen LogP contribution is 2.21. The van der Waals surface area contributed by atoms with Gasteiger partial charge in [0.1, 0.15) is 6.61 Å². The minimum absolute atomic E-state index is 0.254. The normalized spacial score (nSPS) is 12.5. The van der Waals surface area contributed by atoms with Crippen LogP contribution in [0, 0.1) is 5.92 Å². The van der Waals surface area contributed by atoms with Gasteiger partial charge in [0.15, 0.2) is 0 Å². The summed E-state index contributed by atoms with van der Waals surface area (Å²) >= 11 is 1.11. The van der Waals surface area contributed by atoms with Crippen LogP contribution >= 0.6 is 11.8 Å². The maximum Gasteiger partial charge on any atom is 0.295 e. The van der Waals surface area contributed by atoms with Crippen molar-refractivity contribution < 1.29 is 9.63 Å². The molecule has 0 fully saturated rings. The summed E-state index contributed by atoms with van der Waals surface area (Å²) < 4.78 is 1.16. The first kappa shape index (κ1) is 16.4. The summed E-state index contributed by atoms with van der Waals surface area (Å²) in [5.41, 5.74) is 5.57. The molecular weight excluding hydrogens is 302 g/mol. The quantitative estimate of drug-likeness (QED) is 0.643. The molecule has 0 aliphatic heterocycles. The molecule has 1 aromatic heterocycles. The second-order valence-electron chi connectivity index (χ2n) is 5.36. The fourth-order valence-corrected chi connectivity index (χ4v) is 2.54. The Hall–Kier alpha value is -2.02. The number of carbonyl (C=O) groups is 1. The van der Waals surface area contributed by atoms with Gasteiger partial charge in [-0.15, -0.1) is 4.73 Å². The molecule has 2 rings (SSSR count). The summed E-state index contributed by atoms with van der Waals surface area (Å²) in [4.78, 5) is 33.9. The zero-order valence-electron chi connectivity index (χ0n) is 12.8. The predicted molar refractivity (Wildman–Crippen MR) is 86.8 cm³/mol. The van der Waals surface area contributed by atoms with Gasteiger partial charge in [0.25, 0.3) is 5.56 Å². The van der Waals surface area contributed by atoms with Gasteiger partial charge < -0.3 is 10.6 Å². The summed E-state index contributed by atoms with van der Waals surface area (Å²) in [6.07, 6.45) is 0. The molecule has 1 amide bonds. The Labute approximate surface area is 132 Å². The molecule has 0 saturated carbocycles. The van der Waals surface area contributed by atoms with E-state index < -0.39 is 11.2 Å². The van der Waals surface area contributed by atoms with Gasteiger partial charge in [0.2, 0.25) is 11.1 Å². The highest BCUT2D eigenvalue weighted by atomic mass is 32.2. The van der Waals surface area contributed by atoms with Gasteiger partial charge in [-0.05, 0) is 25.0 Å². The van der Waals surface area contributed by atoms with Crippen LogP contribution < -0.4 is 16.1 Å². The van der Waals surface area contributed by atoms with E-state index in [-0.39, 0.29) is 11.5 Å². The van der Waals surface area contributed by atoms with E-state index in [9.17, 15) is 9.59 Å². The highest BCUT2D eigenvalue weighted by molar-refractivity contribution is 8.00. The predicted octanol–water partition coefficient (Wildman–Crippen LogP) is 1.45. The summed E-state index contributed by atoms with van der Waals surface area (Å²) in [6.45, 7) is 6.01. The van der Waals surface area contributed by atoms with Gasteiger partial charge in [-0.2, -0.15) is 0 Å². The number of hydrogen-bond acceptors (Lipinski definition) is 5. The number of para-hydroxylation sites is 1. The first-order valence-corrected chi connectivity index (χ1v) is 7.89. The Morgan fingerprint density at radius 3 is 2.68 bits per heavy atom. The molecule has 2 aromatic rings. The van der Waals surface area contributed by atoms with Crippen LogP contribution in [0.3, 0.4) is 0 Å². The van der Waals surface area contributed by atoms with Gasteiger partial charge in [-0.25, -0.2) is 4.98 Å². The van der Waals surface area contributed by atoms with Crippen molar-refractivity contribution in [2.75, 3.05) is 6.61 Å². The molecule has 1 heterocycles. The standard InChI is InChI=1S/C15H19N3O3S/c1-9(2)8-21-18-14(20)11-6-4-5-7-12(11)17-15(18)22-10(3)13(16)19/h4-7,9-10H,8H2,1-3H3,(H2,16,19)/t10-/m1/s1. The van der Waals surface area contributed by atoms with Crippen LogP contribution in [0.25, 0.3) is 10.9 Å². The van der Waals surface area contributed by atoms with E-state index in [4.69, 9.17) is 10.6 Å². The van der Waals surface area contributed by atoms with Crippen molar-refractivity contribution in [1.29, 1.82) is 0 Å². The van der Waals surface area contributed by atoms with E-state index in [1.165, 1.54) is 0 Å². The molecule has 0 aliphatic rings. The number of aromatic nitrogens is 2. The average molecular weight is 321 g/mol. The molecule has 0 saturated heterocycles. The molecule has 118 valence electrons. The van der Waals surface area contributed by atoms with Crippen molar-refractivity contribution in [2.24, 2.45) is 11.7 Å². The van der Waals surface area contributed by atoms with Gasteiger partial charge in [-0.3, -0.25) is 9.59 Å². The molecule has 0 unspecified atom stereocenters. The van der Waals surface area contributed by atoms with E-state index in [1.54, 1.807) is 31.2 Å². The first-order valence-electron chi connectivity index (χ1n) is 7.01. The molecule has 0 radical (unpaired) electrons. The van der Waals surface area contributed by atoms with Crippen LogP contribution in [-0.4, -0.2) is 27.5 Å². The lowest BCUT2D eigenvalue weighted by Crippen LogP contribution is -2.32. The number of hydrogen-bond donors (Lipinski definition) is 1. The van der Waals surface area contributed by atoms with Crippen LogP contribution in [0.4, 0.5) is 0 Å². The third kappa shape index (κ3) is 3.59. The maximum atomic E-state index is 12.6. The topological polar surface area (TPSA) is 87.2 Å². The van der Waals surface area contributed by atoms with E-state index in [0.29, 0.717) is 22.7 Å². The minimum atomic E-state index is -0.512. The van der Waals surface area contributed by atoms with Crippen molar-refractivity contribution in [2.45, 2.75) is 31.2 Å². The van der Waals surface area contributed by atoms with Crippen molar-refractivity contribution in [1.82, 2.24) is 9.71 Å². The lowest BCUT2D eigenvalue weighted by Gasteiger charge is -2.16. The number of nitrogens with zero attached hydrogens (tertiary/aromatic N) is 2. The Balaban J connectivity index is 2.52. The number of benzene rings is 1. The molecule has 2 N–H and O–H groups in total. The number of rotatable bonds is 6. The molecule has 22 heavy (non-hydrogen) atoms. The zero-order chi connectivity index (χ0) is 16.3. The minimum Gasteiger partial charge on any atom is -0.408 e. The first-order chi connectivity index (χ1) is 10.4. The van der Waals surface area contributed by atoms with Crippen molar-refractivity contribution >= 4 is 28.6 Å². The Kier molecular flexibility index (Phi) is 5.07. The van der Waals surface area contributed by atoms with Crippen LogP contribution in [0.15, 0.2) is 34.2 Å². The molecule has 0 bridgehead atoms. The van der Waals surface area contributed by atoms with Crippen LogP contribution in [0.2, 0.25) is 0 Å². The Morgan fingerprint density at radius 1 is 1.36 bits per heavy atom. The van der Waals surface area contributed by atoms with Crippen LogP contribution in [-0.2, 0) is 4.79 Å². The molecule has 6 nitrogen and oxygen atoms in total. The third-order valence-corrected chi connectivity index (χ3v) is 3.98. The van der Waals surface area contributed by atoms with Crippen LogP contribution in [0.1, 0.15) is 20.8 Å². The van der Waals surface area contributed by atoms with Gasteiger partial charge in [-0.1, -0.05) is 37.7 Å². The molecule has 1 aromatic carbocycles. The van der Waals surface area contributed by atoms with Crippen molar-refractivity contribution in [3.05, 3.63) is 34.6 Å². The molecular formula is C15H19N3O3S. The second kappa shape index (κ2) is 6.83. The number of nitrogens with two attached hydrogens (primary N) is 1. The zero-order valence-corrected chi connectivity index (χ0v) is 13.6. The number of thioether (sulfide) groups is 1. The molecule has 7 heteroatoms. The molecule has 0 aliphatic carbocycles. The van der Waals surface area contributed by atoms with Gasteiger partial charge in [0.05, 0.1) is 16.2 Å². The number of amides is 1. The summed E-state index contributed by atoms with van der Waals surface area (Å²) in [5, 5.41) is 0.292. The number of fused-ring (bicyclic) bond motifs is 1. The lowest BCUT2D eigenvalue weighted by atomic mass is 10.2. The number of carbonyl (C=O) groups excluding carboxylic acids is 1.